The number of aliphatic hydroxyl groups excluding tert-OH is 1. The number of thioether (sulfide) groups is 1. The molecule has 2 aromatic heterocycles. The van der Waals surface area contributed by atoms with Gasteiger partial charge in [0.15, 0.2) is 5.76 Å². The minimum Gasteiger partial charge on any atom is -0.383 e. The summed E-state index contributed by atoms with van der Waals surface area (Å²) in [4.78, 5) is 4.87. The first-order chi connectivity index (χ1) is 13.1. The summed E-state index contributed by atoms with van der Waals surface area (Å²) in [5.41, 5.74) is 2.20. The normalized spacial score (nSPS) is 12.8. The first kappa shape index (κ1) is 19.7. The van der Waals surface area contributed by atoms with Gasteiger partial charge in [-0.25, -0.2) is 0 Å². The van der Waals surface area contributed by atoms with Gasteiger partial charge in [-0.3, -0.25) is 4.98 Å². The minimum atomic E-state index is -0.998. The van der Waals surface area contributed by atoms with Gasteiger partial charge in [-0.2, -0.15) is 0 Å². The van der Waals surface area contributed by atoms with Crippen LogP contribution < -0.4 is 0 Å². The van der Waals surface area contributed by atoms with E-state index in [2.05, 4.69) is 16.7 Å². The van der Waals surface area contributed by atoms with E-state index in [0.29, 0.717) is 38.2 Å². The van der Waals surface area contributed by atoms with Crippen molar-refractivity contribution in [3.63, 3.8) is 0 Å². The highest BCUT2D eigenvalue weighted by atomic mass is 35.5. The molecule has 4 nitrogen and oxygen atoms in total. The molecule has 0 aliphatic rings. The molecule has 0 saturated heterocycles. The Labute approximate surface area is 171 Å². The molecule has 0 bridgehead atoms. The van der Waals surface area contributed by atoms with Crippen molar-refractivity contribution in [2.45, 2.75) is 6.10 Å². The third kappa shape index (κ3) is 4.12. The number of allylic oxidation sites excluding steroid dienone is 2. The molecule has 7 heteroatoms. The molecular weight excluding hydrogens is 403 g/mol. The fraction of sp³-hybridized carbons (Fsp3) is 0.100. The first-order valence-electron chi connectivity index (χ1n) is 7.96. The monoisotopic (exact) mass is 418 g/mol. The third-order valence-corrected chi connectivity index (χ3v) is 5.21. The Balaban J connectivity index is 2.24. The van der Waals surface area contributed by atoms with Gasteiger partial charge in [-0.1, -0.05) is 47.1 Å². The van der Waals surface area contributed by atoms with Crippen LogP contribution in [-0.2, 0) is 0 Å². The number of pyridine rings is 1. The van der Waals surface area contributed by atoms with E-state index in [1.807, 2.05) is 6.26 Å². The van der Waals surface area contributed by atoms with Gasteiger partial charge in [0, 0.05) is 28.5 Å². The van der Waals surface area contributed by atoms with Crippen LogP contribution in [0.1, 0.15) is 23.0 Å². The number of benzene rings is 1. The van der Waals surface area contributed by atoms with Crippen LogP contribution in [0.5, 0.6) is 0 Å². The summed E-state index contributed by atoms with van der Waals surface area (Å²) in [7, 11) is 0. The van der Waals surface area contributed by atoms with Crippen molar-refractivity contribution < 1.29 is 9.63 Å². The lowest BCUT2D eigenvalue weighted by Crippen LogP contribution is -2.03. The van der Waals surface area contributed by atoms with Gasteiger partial charge in [0.1, 0.15) is 11.8 Å². The van der Waals surface area contributed by atoms with E-state index in [0.717, 1.165) is 4.91 Å². The molecule has 1 aromatic carbocycles. The molecule has 1 N–H and O–H groups in total. The number of hydrogen-bond donors (Lipinski definition) is 1. The molecule has 1 atom stereocenters. The molecule has 0 radical (unpaired) electrons. The molecule has 138 valence electrons. The van der Waals surface area contributed by atoms with Gasteiger partial charge in [-0.15, -0.1) is 11.8 Å². The summed E-state index contributed by atoms with van der Waals surface area (Å²) in [5, 5.41) is 16.2. The average molecular weight is 419 g/mol. The molecule has 0 fully saturated rings. The summed E-state index contributed by atoms with van der Waals surface area (Å²) in [6, 6.07) is 8.64. The minimum absolute atomic E-state index is 0.417. The fourth-order valence-electron chi connectivity index (χ4n) is 2.65. The van der Waals surface area contributed by atoms with E-state index in [9.17, 15) is 5.11 Å². The summed E-state index contributed by atoms with van der Waals surface area (Å²) in [5.74, 6) is 0.458. The lowest BCUT2D eigenvalue weighted by molar-refractivity contribution is 0.218. The molecule has 2 heterocycles. The molecule has 0 aliphatic carbocycles. The number of nitrogens with zero attached hydrogens (tertiary/aromatic N) is 2. The predicted octanol–water partition coefficient (Wildman–Crippen LogP) is 6.02. The van der Waals surface area contributed by atoms with Crippen molar-refractivity contribution in [2.75, 3.05) is 6.26 Å². The summed E-state index contributed by atoms with van der Waals surface area (Å²) < 4.78 is 5.62. The van der Waals surface area contributed by atoms with Crippen LogP contribution in [0.25, 0.3) is 16.2 Å². The number of aromatic nitrogens is 2. The highest BCUT2D eigenvalue weighted by molar-refractivity contribution is 8.07. The van der Waals surface area contributed by atoms with E-state index < -0.39 is 6.10 Å². The van der Waals surface area contributed by atoms with Crippen molar-refractivity contribution in [1.82, 2.24) is 10.1 Å². The largest absolute Gasteiger partial charge is 0.383 e. The summed E-state index contributed by atoms with van der Waals surface area (Å²) >= 11 is 13.9. The highest BCUT2D eigenvalue weighted by Gasteiger charge is 2.28. The predicted molar refractivity (Wildman–Crippen MR) is 112 cm³/mol. The Hall–Kier alpha value is -2.05. The van der Waals surface area contributed by atoms with Gasteiger partial charge in [0.05, 0.1) is 15.5 Å². The van der Waals surface area contributed by atoms with Crippen molar-refractivity contribution in [1.29, 1.82) is 0 Å². The molecule has 3 aromatic rings. The molecule has 1 unspecified atom stereocenters. The van der Waals surface area contributed by atoms with Gasteiger partial charge >= 0.3 is 0 Å². The Bertz CT molecular complexity index is 987. The maximum atomic E-state index is 11.1. The maximum absolute atomic E-state index is 11.1. The number of halogens is 2. The van der Waals surface area contributed by atoms with E-state index in [-0.39, 0.29) is 0 Å². The summed E-state index contributed by atoms with van der Waals surface area (Å²) in [6.07, 6.45) is 7.62. The van der Waals surface area contributed by atoms with Crippen LogP contribution in [-0.4, -0.2) is 21.5 Å². The quantitative estimate of drug-likeness (QED) is 0.496. The Kier molecular flexibility index (Phi) is 6.39. The Morgan fingerprint density at radius 3 is 2.78 bits per heavy atom. The van der Waals surface area contributed by atoms with Crippen molar-refractivity contribution in [3.8, 4) is 11.3 Å². The van der Waals surface area contributed by atoms with Crippen LogP contribution in [0.2, 0.25) is 10.0 Å². The second kappa shape index (κ2) is 8.76. The lowest BCUT2D eigenvalue weighted by Gasteiger charge is -2.13. The zero-order valence-electron chi connectivity index (χ0n) is 14.4. The SMILES string of the molecule is C=C/C=C(\SC)c1onc(-c2ccc(Cl)cc2Cl)c1C(O)c1cccnc1. The average Bonchev–Trinajstić information content (AvgIpc) is 3.10. The number of hydrogen-bond acceptors (Lipinski definition) is 5. The molecular formula is C20H16Cl2N2O2S. The molecule has 0 amide bonds. The van der Waals surface area contributed by atoms with Gasteiger partial charge in [-0.05, 0) is 36.6 Å². The van der Waals surface area contributed by atoms with E-state index in [1.54, 1.807) is 54.9 Å². The third-order valence-electron chi connectivity index (χ3n) is 3.90. The van der Waals surface area contributed by atoms with Gasteiger partial charge in [0.25, 0.3) is 0 Å². The molecule has 27 heavy (non-hydrogen) atoms. The highest BCUT2D eigenvalue weighted by Crippen LogP contribution is 2.41. The molecule has 3 rings (SSSR count). The van der Waals surface area contributed by atoms with Gasteiger partial charge in [0.2, 0.25) is 0 Å². The standard InChI is InChI=1S/C20H16Cl2N2O2S/c1-3-5-16(27-2)20-17(19(25)12-6-4-9-23-11-12)18(24-26-20)14-8-7-13(21)10-15(14)22/h3-11,19,25H,1H2,2H3/b16-5-. The smallest absolute Gasteiger partial charge is 0.179 e. The van der Waals surface area contributed by atoms with Crippen molar-refractivity contribution in [2.24, 2.45) is 0 Å². The Morgan fingerprint density at radius 1 is 1.33 bits per heavy atom. The van der Waals surface area contributed by atoms with Crippen LogP contribution in [0, 0.1) is 0 Å². The zero-order valence-corrected chi connectivity index (χ0v) is 16.7. The van der Waals surface area contributed by atoms with E-state index in [1.165, 1.54) is 11.8 Å². The summed E-state index contributed by atoms with van der Waals surface area (Å²) in [6.45, 7) is 3.74. The second-order valence-corrected chi connectivity index (χ2v) is 7.25. The van der Waals surface area contributed by atoms with Crippen molar-refractivity contribution >= 4 is 39.9 Å². The lowest BCUT2D eigenvalue weighted by atomic mass is 9.97. The first-order valence-corrected chi connectivity index (χ1v) is 9.95. The molecule has 0 saturated carbocycles. The second-order valence-electron chi connectivity index (χ2n) is 5.56. The van der Waals surface area contributed by atoms with Crippen LogP contribution in [0.4, 0.5) is 0 Å². The fourth-order valence-corrected chi connectivity index (χ4v) is 3.72. The van der Waals surface area contributed by atoms with Crippen LogP contribution >= 0.6 is 35.0 Å². The number of rotatable bonds is 6. The van der Waals surface area contributed by atoms with Crippen LogP contribution in [0.15, 0.2) is 66.0 Å². The zero-order chi connectivity index (χ0) is 19.4. The number of aliphatic hydroxyl groups is 1. The van der Waals surface area contributed by atoms with E-state index >= 15 is 0 Å². The maximum Gasteiger partial charge on any atom is 0.179 e. The molecule has 0 aliphatic heterocycles. The molecule has 0 spiro atoms. The van der Waals surface area contributed by atoms with Crippen molar-refractivity contribution in [3.05, 3.63) is 88.4 Å². The van der Waals surface area contributed by atoms with Crippen LogP contribution in [0.3, 0.4) is 0 Å². The van der Waals surface area contributed by atoms with E-state index in [4.69, 9.17) is 27.7 Å². The Morgan fingerprint density at radius 2 is 2.15 bits per heavy atom. The van der Waals surface area contributed by atoms with Gasteiger partial charge < -0.3 is 9.63 Å². The topological polar surface area (TPSA) is 59.2 Å².